The van der Waals surface area contributed by atoms with Crippen molar-refractivity contribution in [3.63, 3.8) is 0 Å². The van der Waals surface area contributed by atoms with E-state index in [1.165, 1.54) is 17.7 Å². The number of benzene rings is 3. The van der Waals surface area contributed by atoms with E-state index in [-0.39, 0.29) is 34.6 Å². The number of aryl methyl sites for hydroxylation is 2. The van der Waals surface area contributed by atoms with Gasteiger partial charge in [0.1, 0.15) is 11.5 Å². The monoisotopic (exact) mass is 630 g/mol. The molecule has 5 aromatic rings. The van der Waals surface area contributed by atoms with Gasteiger partial charge in [-0.15, -0.1) is 0 Å². The molecular weight excluding hydrogens is 604 g/mol. The zero-order valence-corrected chi connectivity index (χ0v) is 24.7. The van der Waals surface area contributed by atoms with Gasteiger partial charge in [-0.05, 0) is 55.8 Å². The zero-order chi connectivity index (χ0) is 32.3. The molecule has 15 heteroatoms. The van der Waals surface area contributed by atoms with Crippen LogP contribution in [0.4, 0.5) is 10.5 Å². The summed E-state index contributed by atoms with van der Waals surface area (Å²) in [6, 6.07) is 21.1. The molecule has 0 saturated carbocycles. The molecule has 3 aromatic carbocycles. The van der Waals surface area contributed by atoms with Gasteiger partial charge in [0.2, 0.25) is 10.0 Å². The first-order chi connectivity index (χ1) is 21.4. The number of nitrogens with zero attached hydrogens (tertiary/aromatic N) is 3. The second-order valence-electron chi connectivity index (χ2n) is 9.69. The zero-order valence-electron chi connectivity index (χ0n) is 23.9. The van der Waals surface area contributed by atoms with Crippen molar-refractivity contribution in [2.24, 2.45) is 15.9 Å². The van der Waals surface area contributed by atoms with E-state index in [2.05, 4.69) is 15.4 Å². The molecule has 0 aliphatic rings. The molecule has 230 valence electrons. The predicted molar refractivity (Wildman–Crippen MR) is 162 cm³/mol. The fourth-order valence-corrected chi connectivity index (χ4v) is 5.13. The molecule has 5 N–H and O–H groups in total. The third-order valence-corrected chi connectivity index (χ3v) is 7.44. The number of carbonyl (C=O) groups is 2. The minimum atomic E-state index is -3.94. The van der Waals surface area contributed by atoms with E-state index in [0.29, 0.717) is 33.8 Å². The molecule has 45 heavy (non-hydrogen) atoms. The fraction of sp³-hybridized carbons (Fsp3) is 0.100. The van der Waals surface area contributed by atoms with Gasteiger partial charge in [0, 0.05) is 16.8 Å². The molecule has 2 aromatic heterocycles. The Hall–Kier alpha value is -5.80. The van der Waals surface area contributed by atoms with Crippen molar-refractivity contribution in [2.75, 3.05) is 5.32 Å². The Morgan fingerprint density at radius 3 is 2.42 bits per heavy atom. The van der Waals surface area contributed by atoms with Crippen molar-refractivity contribution in [3.05, 3.63) is 118 Å². The molecule has 5 rings (SSSR count). The molecule has 0 atom stereocenters. The smallest absolute Gasteiger partial charge is 0.440 e. The van der Waals surface area contributed by atoms with Crippen LogP contribution in [0.1, 0.15) is 33.3 Å². The molecule has 0 aliphatic carbocycles. The number of carbonyl (C=O) groups excluding carboxylic acids is 2. The number of nitrogens with one attached hydrogen (secondary N) is 1. The highest BCUT2D eigenvalue weighted by atomic mass is 32.2. The van der Waals surface area contributed by atoms with Crippen LogP contribution >= 0.6 is 0 Å². The van der Waals surface area contributed by atoms with Gasteiger partial charge in [0.25, 0.3) is 5.91 Å². The summed E-state index contributed by atoms with van der Waals surface area (Å²) in [6.45, 7) is 2.84. The molecule has 0 saturated heterocycles. The number of ether oxygens (including phenoxy) is 1. The first kappa shape index (κ1) is 30.7. The lowest BCUT2D eigenvalue weighted by Crippen LogP contribution is -2.19. The van der Waals surface area contributed by atoms with E-state index in [1.807, 2.05) is 0 Å². The molecule has 0 radical (unpaired) electrons. The normalized spacial score (nSPS) is 11.8. The maximum atomic E-state index is 13.3. The van der Waals surface area contributed by atoms with Gasteiger partial charge < -0.3 is 24.6 Å². The first-order valence-electron chi connectivity index (χ1n) is 13.2. The molecule has 2 amide bonds. The fourth-order valence-electron chi connectivity index (χ4n) is 4.37. The number of amidine groups is 1. The standard InChI is InChI=1S/C30H26N6O8S/c1-17-14-24(28(37)33-21-12-10-19(11-13-21)23-8-3-4-9-26(23)45(32,40)41)36(35-17)22-7-5-6-20(15-22)27(31)34-29(38)42-16-25-18(2)43-30(39)44-25/h3-15H,16H2,1-2H3,(H,33,37)(H2,31,34,38)(H2,32,40,41). The quantitative estimate of drug-likeness (QED) is 0.167. The number of hydrogen-bond donors (Lipinski definition) is 3. The second-order valence-corrected chi connectivity index (χ2v) is 11.2. The maximum absolute atomic E-state index is 13.3. The number of aliphatic imine (C=N–C) groups is 1. The van der Waals surface area contributed by atoms with Crippen molar-refractivity contribution in [3.8, 4) is 16.8 Å². The predicted octanol–water partition coefficient (Wildman–Crippen LogP) is 3.64. The summed E-state index contributed by atoms with van der Waals surface area (Å²) in [5.74, 6) is -1.32. The first-order valence-corrected chi connectivity index (χ1v) is 14.7. The molecule has 0 aliphatic heterocycles. The molecule has 0 unspecified atom stereocenters. The van der Waals surface area contributed by atoms with Gasteiger partial charge >= 0.3 is 11.9 Å². The number of rotatable bonds is 8. The number of nitrogens with two attached hydrogens (primary N) is 2. The molecule has 0 spiro atoms. The summed E-state index contributed by atoms with van der Waals surface area (Å²) in [4.78, 5) is 40.4. The average Bonchev–Trinajstić information content (AvgIpc) is 3.56. The van der Waals surface area contributed by atoms with Gasteiger partial charge in [0.15, 0.2) is 18.1 Å². The van der Waals surface area contributed by atoms with E-state index >= 15 is 0 Å². The van der Waals surface area contributed by atoms with E-state index in [9.17, 15) is 22.8 Å². The largest absolute Gasteiger partial charge is 0.519 e. The number of primary sulfonamides is 1. The van der Waals surface area contributed by atoms with Crippen LogP contribution in [0.25, 0.3) is 16.8 Å². The third kappa shape index (κ3) is 7.06. The van der Waals surface area contributed by atoms with Crippen molar-refractivity contribution in [2.45, 2.75) is 25.3 Å². The van der Waals surface area contributed by atoms with Gasteiger partial charge in [-0.2, -0.15) is 10.1 Å². The summed E-state index contributed by atoms with van der Waals surface area (Å²) in [5.41, 5.74) is 9.12. The summed E-state index contributed by atoms with van der Waals surface area (Å²) in [5, 5.41) is 12.6. The van der Waals surface area contributed by atoms with E-state index in [0.717, 1.165) is 0 Å². The molecule has 14 nitrogen and oxygen atoms in total. The average molecular weight is 631 g/mol. The minimum absolute atomic E-state index is 0.00910. The Balaban J connectivity index is 1.32. The van der Waals surface area contributed by atoms with Gasteiger partial charge in [-0.25, -0.2) is 27.8 Å². The number of anilines is 1. The van der Waals surface area contributed by atoms with E-state index < -0.39 is 27.8 Å². The van der Waals surface area contributed by atoms with E-state index in [4.69, 9.17) is 24.4 Å². The second kappa shape index (κ2) is 12.4. The number of aromatic nitrogens is 2. The van der Waals surface area contributed by atoms with Crippen LogP contribution in [0, 0.1) is 13.8 Å². The SMILES string of the molecule is Cc1cc(C(=O)Nc2ccc(-c3ccccc3S(N)(=O)=O)cc2)n(-c2cccc(C(N)=NC(=O)OCc3oc(=O)oc3C)c2)n1. The number of amides is 2. The van der Waals surface area contributed by atoms with Crippen LogP contribution < -0.4 is 22.0 Å². The van der Waals surface area contributed by atoms with Crippen LogP contribution in [0.3, 0.4) is 0 Å². The lowest BCUT2D eigenvalue weighted by Gasteiger charge is -2.11. The maximum Gasteiger partial charge on any atom is 0.519 e. The molecule has 2 heterocycles. The lowest BCUT2D eigenvalue weighted by atomic mass is 10.1. The lowest BCUT2D eigenvalue weighted by molar-refractivity contribution is 0.101. The Morgan fingerprint density at radius 2 is 1.73 bits per heavy atom. The van der Waals surface area contributed by atoms with Crippen LogP contribution in [0.5, 0.6) is 0 Å². The van der Waals surface area contributed by atoms with Crippen LogP contribution in [0.15, 0.2) is 102 Å². The van der Waals surface area contributed by atoms with Crippen molar-refractivity contribution in [1.82, 2.24) is 9.78 Å². The molecule has 0 fully saturated rings. The Morgan fingerprint density at radius 1 is 1.00 bits per heavy atom. The summed E-state index contributed by atoms with van der Waals surface area (Å²) in [6.07, 6.45) is -1.02. The van der Waals surface area contributed by atoms with Crippen molar-refractivity contribution in [1.29, 1.82) is 0 Å². The highest BCUT2D eigenvalue weighted by Gasteiger charge is 2.18. The van der Waals surface area contributed by atoms with E-state index in [1.54, 1.807) is 79.7 Å². The number of sulfonamides is 1. The van der Waals surface area contributed by atoms with Gasteiger partial charge in [-0.1, -0.05) is 42.5 Å². The summed E-state index contributed by atoms with van der Waals surface area (Å²) >= 11 is 0. The Labute approximate surface area is 256 Å². The highest BCUT2D eigenvalue weighted by Crippen LogP contribution is 2.28. The molecular formula is C30H26N6O8S. The Bertz CT molecular complexity index is 2110. The summed E-state index contributed by atoms with van der Waals surface area (Å²) < 4.78 is 39.9. The topological polar surface area (TPSA) is 215 Å². The summed E-state index contributed by atoms with van der Waals surface area (Å²) in [7, 11) is -3.94. The number of hydrogen-bond acceptors (Lipinski definition) is 9. The highest BCUT2D eigenvalue weighted by molar-refractivity contribution is 7.89. The van der Waals surface area contributed by atoms with Gasteiger partial charge in [-0.3, -0.25) is 4.79 Å². The minimum Gasteiger partial charge on any atom is -0.440 e. The third-order valence-electron chi connectivity index (χ3n) is 6.47. The van der Waals surface area contributed by atoms with Crippen LogP contribution in [0.2, 0.25) is 0 Å². The van der Waals surface area contributed by atoms with Crippen molar-refractivity contribution >= 4 is 33.5 Å². The van der Waals surface area contributed by atoms with Crippen molar-refractivity contribution < 1.29 is 31.6 Å². The Kier molecular flexibility index (Phi) is 8.47. The molecule has 0 bridgehead atoms. The van der Waals surface area contributed by atoms with Crippen LogP contribution in [-0.2, 0) is 21.4 Å². The van der Waals surface area contributed by atoms with Crippen LogP contribution in [-0.4, -0.2) is 36.0 Å². The van der Waals surface area contributed by atoms with Gasteiger partial charge in [0.05, 0.1) is 16.3 Å².